The minimum Gasteiger partial charge on any atom is -0.396 e. The number of nitrogens with zero attached hydrogens (tertiary/aromatic N) is 1. The molecule has 1 N–H and O–H groups in total. The van der Waals surface area contributed by atoms with Gasteiger partial charge in [-0.1, -0.05) is 32.6 Å². The van der Waals surface area contributed by atoms with Crippen molar-refractivity contribution in [3.8, 4) is 0 Å². The van der Waals surface area contributed by atoms with E-state index in [0.29, 0.717) is 19.5 Å². The van der Waals surface area contributed by atoms with Crippen molar-refractivity contribution in [1.29, 1.82) is 0 Å². The molecule has 1 fully saturated rings. The van der Waals surface area contributed by atoms with Crippen LogP contribution in [-0.2, 0) is 0 Å². The van der Waals surface area contributed by atoms with E-state index in [4.69, 9.17) is 0 Å². The van der Waals surface area contributed by atoms with Crippen LogP contribution in [0, 0.1) is 5.41 Å². The van der Waals surface area contributed by atoms with Crippen LogP contribution in [0.5, 0.6) is 0 Å². The Morgan fingerprint density at radius 2 is 1.68 bits per heavy atom. The predicted molar refractivity (Wildman–Crippen MR) is 70.0 cm³/mol. The highest BCUT2D eigenvalue weighted by molar-refractivity contribution is 4.85. The fourth-order valence-corrected chi connectivity index (χ4v) is 3.10. The lowest BCUT2D eigenvalue weighted by molar-refractivity contribution is -0.150. The van der Waals surface area contributed by atoms with E-state index < -0.39 is 12.7 Å². The molecule has 1 saturated carbocycles. The Labute approximate surface area is 114 Å². The van der Waals surface area contributed by atoms with Crippen LogP contribution in [0.25, 0.3) is 0 Å². The van der Waals surface area contributed by atoms with Gasteiger partial charge in [-0.05, 0) is 25.8 Å². The molecular weight excluding hydrogens is 255 g/mol. The summed E-state index contributed by atoms with van der Waals surface area (Å²) >= 11 is 0. The van der Waals surface area contributed by atoms with Gasteiger partial charge >= 0.3 is 6.18 Å². The molecule has 2 nitrogen and oxygen atoms in total. The largest absolute Gasteiger partial charge is 0.401 e. The molecule has 0 aromatic rings. The summed E-state index contributed by atoms with van der Waals surface area (Å²) < 4.78 is 37.8. The van der Waals surface area contributed by atoms with Gasteiger partial charge in [0.15, 0.2) is 0 Å². The molecule has 19 heavy (non-hydrogen) atoms. The first-order valence-corrected chi connectivity index (χ1v) is 7.31. The molecule has 5 heteroatoms. The van der Waals surface area contributed by atoms with Crippen molar-refractivity contribution in [3.63, 3.8) is 0 Å². The smallest absolute Gasteiger partial charge is 0.396 e. The summed E-state index contributed by atoms with van der Waals surface area (Å²) in [4.78, 5) is 1.47. The van der Waals surface area contributed by atoms with Crippen LogP contribution in [0.1, 0.15) is 51.9 Å². The minimum absolute atomic E-state index is 0.00503. The van der Waals surface area contributed by atoms with Gasteiger partial charge in [-0.2, -0.15) is 13.2 Å². The maximum atomic E-state index is 12.6. The summed E-state index contributed by atoms with van der Waals surface area (Å²) in [7, 11) is 0. The lowest BCUT2D eigenvalue weighted by Crippen LogP contribution is -2.44. The Hall–Kier alpha value is -0.290. The summed E-state index contributed by atoms with van der Waals surface area (Å²) in [5, 5.41) is 9.67. The van der Waals surface area contributed by atoms with Crippen molar-refractivity contribution < 1.29 is 18.3 Å². The Bertz CT molecular complexity index is 248. The van der Waals surface area contributed by atoms with E-state index in [-0.39, 0.29) is 12.0 Å². The van der Waals surface area contributed by atoms with Crippen LogP contribution in [0.15, 0.2) is 0 Å². The van der Waals surface area contributed by atoms with Gasteiger partial charge in [0.05, 0.1) is 6.54 Å². The van der Waals surface area contributed by atoms with E-state index in [1.807, 2.05) is 6.92 Å². The van der Waals surface area contributed by atoms with Crippen molar-refractivity contribution in [2.75, 3.05) is 26.2 Å². The second kappa shape index (κ2) is 7.48. The molecular formula is C14H26F3NO. The SMILES string of the molecule is CCCN(CC(F)(F)F)CC1(CO)CCCCCC1. The maximum absolute atomic E-state index is 12.6. The van der Waals surface area contributed by atoms with E-state index in [2.05, 4.69) is 0 Å². The zero-order valence-electron chi connectivity index (χ0n) is 11.8. The number of aliphatic hydroxyl groups excluding tert-OH is 1. The first-order chi connectivity index (χ1) is 8.91. The molecule has 1 aliphatic rings. The van der Waals surface area contributed by atoms with Gasteiger partial charge in [-0.15, -0.1) is 0 Å². The van der Waals surface area contributed by atoms with Gasteiger partial charge in [-0.3, -0.25) is 4.90 Å². The number of hydrogen-bond acceptors (Lipinski definition) is 2. The van der Waals surface area contributed by atoms with E-state index in [9.17, 15) is 18.3 Å². The summed E-state index contributed by atoms with van der Waals surface area (Å²) in [5.74, 6) is 0. The van der Waals surface area contributed by atoms with Gasteiger partial charge < -0.3 is 5.11 Å². The van der Waals surface area contributed by atoms with Gasteiger partial charge in [0, 0.05) is 18.6 Å². The average molecular weight is 281 g/mol. The summed E-state index contributed by atoms with van der Waals surface area (Å²) in [5.41, 5.74) is -0.322. The molecule has 0 aromatic heterocycles. The van der Waals surface area contributed by atoms with Crippen LogP contribution in [0.4, 0.5) is 13.2 Å². The number of alkyl halides is 3. The molecule has 0 bridgehead atoms. The molecule has 0 aliphatic heterocycles. The third-order valence-corrected chi connectivity index (χ3v) is 4.00. The molecule has 0 heterocycles. The van der Waals surface area contributed by atoms with Gasteiger partial charge in [0.25, 0.3) is 0 Å². The zero-order chi connectivity index (χ0) is 14.4. The van der Waals surface area contributed by atoms with Crippen molar-refractivity contribution in [2.45, 2.75) is 58.0 Å². The lowest BCUT2D eigenvalue weighted by atomic mass is 9.80. The average Bonchev–Trinajstić information content (AvgIpc) is 2.53. The topological polar surface area (TPSA) is 23.5 Å². The second-order valence-corrected chi connectivity index (χ2v) is 5.90. The van der Waals surface area contributed by atoms with Crippen LogP contribution in [0.2, 0.25) is 0 Å². The molecule has 0 spiro atoms. The van der Waals surface area contributed by atoms with Crippen LogP contribution in [-0.4, -0.2) is 42.4 Å². The Kier molecular flexibility index (Phi) is 6.60. The number of aliphatic hydroxyl groups is 1. The molecule has 0 radical (unpaired) electrons. The minimum atomic E-state index is -4.16. The summed E-state index contributed by atoms with van der Waals surface area (Å²) in [6.45, 7) is 1.86. The third-order valence-electron chi connectivity index (χ3n) is 4.00. The number of halogens is 3. The van der Waals surface area contributed by atoms with Crippen molar-refractivity contribution >= 4 is 0 Å². The van der Waals surface area contributed by atoms with E-state index in [1.165, 1.54) is 4.90 Å². The maximum Gasteiger partial charge on any atom is 0.401 e. The molecule has 0 amide bonds. The predicted octanol–water partition coefficient (Wildman–Crippen LogP) is 3.59. The van der Waals surface area contributed by atoms with Crippen LogP contribution < -0.4 is 0 Å². The number of rotatable bonds is 6. The lowest BCUT2D eigenvalue weighted by Gasteiger charge is -2.37. The van der Waals surface area contributed by atoms with E-state index in [1.54, 1.807) is 0 Å². The Morgan fingerprint density at radius 1 is 1.11 bits per heavy atom. The zero-order valence-corrected chi connectivity index (χ0v) is 11.8. The monoisotopic (exact) mass is 281 g/mol. The van der Waals surface area contributed by atoms with E-state index >= 15 is 0 Å². The van der Waals surface area contributed by atoms with Crippen molar-refractivity contribution in [3.05, 3.63) is 0 Å². The fraction of sp³-hybridized carbons (Fsp3) is 1.00. The summed E-state index contributed by atoms with van der Waals surface area (Å²) in [6.07, 6.45) is 2.56. The Morgan fingerprint density at radius 3 is 2.11 bits per heavy atom. The highest BCUT2D eigenvalue weighted by Gasteiger charge is 2.36. The van der Waals surface area contributed by atoms with Gasteiger partial charge in [0.2, 0.25) is 0 Å². The standard InChI is InChI=1S/C14H26F3NO/c1-2-9-18(11-14(15,16)17)10-13(12-19)7-5-3-4-6-8-13/h19H,2-12H2,1H3. The second-order valence-electron chi connectivity index (χ2n) is 5.90. The summed E-state index contributed by atoms with van der Waals surface area (Å²) in [6, 6.07) is 0. The first kappa shape index (κ1) is 16.8. The van der Waals surface area contributed by atoms with E-state index in [0.717, 1.165) is 38.5 Å². The molecule has 1 rings (SSSR count). The normalized spacial score (nSPS) is 20.5. The molecule has 114 valence electrons. The van der Waals surface area contributed by atoms with Gasteiger partial charge in [-0.25, -0.2) is 0 Å². The van der Waals surface area contributed by atoms with Crippen molar-refractivity contribution in [2.24, 2.45) is 5.41 Å². The fourth-order valence-electron chi connectivity index (χ4n) is 3.10. The molecule has 0 atom stereocenters. The molecule has 0 saturated heterocycles. The third kappa shape index (κ3) is 6.13. The molecule has 0 aromatic carbocycles. The van der Waals surface area contributed by atoms with Crippen LogP contribution >= 0.6 is 0 Å². The first-order valence-electron chi connectivity index (χ1n) is 7.31. The van der Waals surface area contributed by atoms with Crippen molar-refractivity contribution in [1.82, 2.24) is 4.90 Å². The van der Waals surface area contributed by atoms with Crippen LogP contribution in [0.3, 0.4) is 0 Å². The molecule has 0 unspecified atom stereocenters. The highest BCUT2D eigenvalue weighted by Crippen LogP contribution is 2.36. The quantitative estimate of drug-likeness (QED) is 0.752. The number of hydrogen-bond donors (Lipinski definition) is 1. The molecule has 1 aliphatic carbocycles. The van der Waals surface area contributed by atoms with Gasteiger partial charge in [0.1, 0.15) is 0 Å². The Balaban J connectivity index is 2.67. The highest BCUT2D eigenvalue weighted by atomic mass is 19.4.